The molecule has 1 aromatic heterocycles. The van der Waals surface area contributed by atoms with Gasteiger partial charge in [-0.2, -0.15) is 0 Å². The molecule has 3 aromatic rings. The summed E-state index contributed by atoms with van der Waals surface area (Å²) in [4.78, 5) is 31.4. The van der Waals surface area contributed by atoms with E-state index in [9.17, 15) is 22.8 Å². The number of carbonyl (C=O) groups is 2. The highest BCUT2D eigenvalue weighted by atomic mass is 19.4. The van der Waals surface area contributed by atoms with Gasteiger partial charge in [-0.25, -0.2) is 4.79 Å². The van der Waals surface area contributed by atoms with Crippen molar-refractivity contribution in [3.8, 4) is 17.0 Å². The van der Waals surface area contributed by atoms with Gasteiger partial charge in [0.15, 0.2) is 0 Å². The number of carbonyl (C=O) groups excluding carboxylic acids is 2. The molecule has 10 heteroatoms. The van der Waals surface area contributed by atoms with Crippen molar-refractivity contribution in [1.29, 1.82) is 0 Å². The van der Waals surface area contributed by atoms with Crippen molar-refractivity contribution in [3.05, 3.63) is 78.0 Å². The van der Waals surface area contributed by atoms with Crippen molar-refractivity contribution in [2.45, 2.75) is 51.7 Å². The van der Waals surface area contributed by atoms with Crippen LogP contribution in [0.1, 0.15) is 42.6 Å². The smallest absolute Gasteiger partial charge is 0.406 e. The van der Waals surface area contributed by atoms with Gasteiger partial charge < -0.3 is 20.3 Å². The molecular weight excluding hydrogens is 485 g/mol. The highest BCUT2D eigenvalue weighted by Gasteiger charge is 2.31. The maximum atomic E-state index is 13.0. The highest BCUT2D eigenvalue weighted by Crippen LogP contribution is 2.25. The summed E-state index contributed by atoms with van der Waals surface area (Å²) in [5.74, 6) is -0.492. The maximum Gasteiger partial charge on any atom is 0.573 e. The van der Waals surface area contributed by atoms with Crippen LogP contribution in [0.2, 0.25) is 0 Å². The molecule has 4 rings (SSSR count). The van der Waals surface area contributed by atoms with Crippen LogP contribution in [0.5, 0.6) is 5.75 Å². The number of aromatic nitrogens is 1. The topological polar surface area (TPSA) is 83.6 Å². The van der Waals surface area contributed by atoms with Crippen LogP contribution in [0.25, 0.3) is 11.3 Å². The Labute approximate surface area is 212 Å². The summed E-state index contributed by atoms with van der Waals surface area (Å²) in [7, 11) is 0. The number of pyridine rings is 1. The third-order valence-electron chi connectivity index (χ3n) is 5.73. The molecule has 0 atom stereocenters. The minimum Gasteiger partial charge on any atom is -0.406 e. The van der Waals surface area contributed by atoms with Gasteiger partial charge in [0.2, 0.25) is 0 Å². The zero-order chi connectivity index (χ0) is 26.6. The van der Waals surface area contributed by atoms with Gasteiger partial charge in [0.25, 0.3) is 5.91 Å². The van der Waals surface area contributed by atoms with Gasteiger partial charge in [-0.15, -0.1) is 13.2 Å². The molecule has 0 spiro atoms. The predicted molar refractivity (Wildman–Crippen MR) is 133 cm³/mol. The van der Waals surface area contributed by atoms with E-state index < -0.39 is 12.4 Å². The summed E-state index contributed by atoms with van der Waals surface area (Å²) < 4.78 is 41.0. The largest absolute Gasteiger partial charge is 0.573 e. The van der Waals surface area contributed by atoms with E-state index in [2.05, 4.69) is 20.4 Å². The van der Waals surface area contributed by atoms with Crippen molar-refractivity contribution >= 4 is 17.6 Å². The van der Waals surface area contributed by atoms with E-state index in [1.54, 1.807) is 23.2 Å². The number of halogens is 3. The molecule has 1 aliphatic carbocycles. The summed E-state index contributed by atoms with van der Waals surface area (Å²) in [5, 5.41) is 5.68. The number of nitrogens with one attached hydrogen (secondary N) is 2. The van der Waals surface area contributed by atoms with Crippen molar-refractivity contribution < 1.29 is 27.5 Å². The monoisotopic (exact) mass is 512 g/mol. The molecule has 3 amide bonds. The van der Waals surface area contributed by atoms with Gasteiger partial charge in [0.1, 0.15) is 5.75 Å². The molecule has 0 saturated heterocycles. The maximum absolute atomic E-state index is 13.0. The second kappa shape index (κ2) is 10.9. The number of rotatable bonds is 8. The molecule has 194 valence electrons. The average Bonchev–Trinajstić information content (AvgIpc) is 3.67. The fourth-order valence-corrected chi connectivity index (χ4v) is 3.68. The number of nitrogens with zero attached hydrogens (tertiary/aromatic N) is 2. The second-order valence-electron chi connectivity index (χ2n) is 9.10. The summed E-state index contributed by atoms with van der Waals surface area (Å²) in [6.45, 7) is 4.02. The predicted octanol–water partition coefficient (Wildman–Crippen LogP) is 5.98. The number of ether oxygens (including phenoxy) is 1. The summed E-state index contributed by atoms with van der Waals surface area (Å²) in [6, 6.07) is 15.6. The number of benzene rings is 2. The summed E-state index contributed by atoms with van der Waals surface area (Å²) in [6.07, 6.45) is -1.18. The molecule has 0 unspecified atom stereocenters. The Balaban J connectivity index is 1.45. The minimum absolute atomic E-state index is 0.122. The fourth-order valence-electron chi connectivity index (χ4n) is 3.68. The van der Waals surface area contributed by atoms with Gasteiger partial charge in [0.05, 0.1) is 5.69 Å². The molecule has 0 bridgehead atoms. The standard InChI is InChI=1S/C27H27F3N4O3/c1-17(2)34(26(36)33-22-8-10-23(11-9-22)37-27(28,29)30)16-18-4-3-5-19(14-18)24-15-20(12-13-31-24)25(35)32-21-6-7-21/h3-5,8-15,17,21H,6-7,16H2,1-2H3,(H,32,35)(H,33,36). The van der Waals surface area contributed by atoms with Crippen LogP contribution in [0.15, 0.2) is 66.9 Å². The first kappa shape index (κ1) is 26.0. The normalized spacial score (nSPS) is 13.2. The van der Waals surface area contributed by atoms with Crippen LogP contribution in [0.4, 0.5) is 23.7 Å². The van der Waals surface area contributed by atoms with Crippen molar-refractivity contribution in [3.63, 3.8) is 0 Å². The van der Waals surface area contributed by atoms with E-state index in [1.165, 1.54) is 12.1 Å². The molecule has 0 radical (unpaired) electrons. The average molecular weight is 513 g/mol. The lowest BCUT2D eigenvalue weighted by atomic mass is 10.0. The zero-order valence-corrected chi connectivity index (χ0v) is 20.4. The molecule has 2 N–H and O–H groups in total. The van der Waals surface area contributed by atoms with Crippen LogP contribution in [-0.4, -0.2) is 40.3 Å². The molecule has 0 aliphatic heterocycles. The Morgan fingerprint density at radius 2 is 1.81 bits per heavy atom. The van der Waals surface area contributed by atoms with Gasteiger partial charge in [-0.3, -0.25) is 9.78 Å². The Bertz CT molecular complexity index is 1260. The highest BCUT2D eigenvalue weighted by molar-refractivity contribution is 5.95. The van der Waals surface area contributed by atoms with Crippen LogP contribution in [-0.2, 0) is 6.54 Å². The van der Waals surface area contributed by atoms with Crippen molar-refractivity contribution in [2.75, 3.05) is 5.32 Å². The molecule has 37 heavy (non-hydrogen) atoms. The number of anilines is 1. The van der Waals surface area contributed by atoms with E-state index >= 15 is 0 Å². The summed E-state index contributed by atoms with van der Waals surface area (Å²) in [5.41, 5.74) is 3.18. The second-order valence-corrected chi connectivity index (χ2v) is 9.10. The number of alkyl halides is 3. The Kier molecular flexibility index (Phi) is 7.66. The summed E-state index contributed by atoms with van der Waals surface area (Å²) >= 11 is 0. The molecule has 1 saturated carbocycles. The first-order valence-corrected chi connectivity index (χ1v) is 11.9. The van der Waals surface area contributed by atoms with Gasteiger partial charge >= 0.3 is 12.4 Å². The van der Waals surface area contributed by atoms with E-state index in [4.69, 9.17) is 0 Å². The Morgan fingerprint density at radius 3 is 2.46 bits per heavy atom. The first-order chi connectivity index (χ1) is 17.6. The zero-order valence-electron chi connectivity index (χ0n) is 20.4. The van der Waals surface area contributed by atoms with Crippen molar-refractivity contribution in [2.24, 2.45) is 0 Å². The lowest BCUT2D eigenvalue weighted by molar-refractivity contribution is -0.274. The molecule has 1 fully saturated rings. The van der Waals surface area contributed by atoms with E-state index in [1.807, 2.05) is 38.1 Å². The molecule has 7 nitrogen and oxygen atoms in total. The van der Waals surface area contributed by atoms with Crippen LogP contribution >= 0.6 is 0 Å². The van der Waals surface area contributed by atoms with Crippen molar-refractivity contribution in [1.82, 2.24) is 15.2 Å². The van der Waals surface area contributed by atoms with Crippen LogP contribution in [0, 0.1) is 0 Å². The first-order valence-electron chi connectivity index (χ1n) is 11.9. The molecule has 1 heterocycles. The van der Waals surface area contributed by atoms with Gasteiger partial charge in [0, 0.05) is 41.6 Å². The SMILES string of the molecule is CC(C)N(Cc1cccc(-c2cc(C(=O)NC3CC3)ccn2)c1)C(=O)Nc1ccc(OC(F)(F)F)cc1. The molecular formula is C27H27F3N4O3. The lowest BCUT2D eigenvalue weighted by Gasteiger charge is -2.27. The quantitative estimate of drug-likeness (QED) is 0.389. The number of urea groups is 1. The molecule has 1 aliphatic rings. The lowest BCUT2D eigenvalue weighted by Crippen LogP contribution is -2.39. The van der Waals surface area contributed by atoms with E-state index in [0.717, 1.165) is 36.1 Å². The fraction of sp³-hybridized carbons (Fsp3) is 0.296. The van der Waals surface area contributed by atoms with E-state index in [0.29, 0.717) is 16.9 Å². The molecule has 2 aromatic carbocycles. The number of amides is 3. The third-order valence-corrected chi connectivity index (χ3v) is 5.73. The minimum atomic E-state index is -4.78. The van der Waals surface area contributed by atoms with Crippen LogP contribution < -0.4 is 15.4 Å². The third kappa shape index (κ3) is 7.45. The Morgan fingerprint density at radius 1 is 1.08 bits per heavy atom. The number of hydrogen-bond donors (Lipinski definition) is 2. The number of hydrogen-bond acceptors (Lipinski definition) is 4. The van der Waals surface area contributed by atoms with Gasteiger partial charge in [-0.1, -0.05) is 18.2 Å². The van der Waals surface area contributed by atoms with E-state index in [-0.39, 0.29) is 30.3 Å². The Hall–Kier alpha value is -4.08. The van der Waals surface area contributed by atoms with Crippen LogP contribution in [0.3, 0.4) is 0 Å². The van der Waals surface area contributed by atoms with Gasteiger partial charge in [-0.05, 0) is 74.7 Å².